The fourth-order valence-electron chi connectivity index (χ4n) is 1.77. The Bertz CT molecular complexity index is 508. The normalized spacial score (nSPS) is 10.1. The van der Waals surface area contributed by atoms with E-state index in [4.69, 9.17) is 9.47 Å². The number of nitrogens with zero attached hydrogens (tertiary/aromatic N) is 2. The summed E-state index contributed by atoms with van der Waals surface area (Å²) in [5.41, 5.74) is 1.05. The number of benzene rings is 1. The lowest BCUT2D eigenvalue weighted by atomic mass is 10.2. The average Bonchev–Trinajstić information content (AvgIpc) is 2.47. The summed E-state index contributed by atoms with van der Waals surface area (Å²) in [5.74, 6) is 2.18. The van der Waals surface area contributed by atoms with Crippen molar-refractivity contribution in [3.8, 4) is 11.5 Å². The molecule has 1 aromatic heterocycles. The van der Waals surface area contributed by atoms with Gasteiger partial charge in [-0.2, -0.15) is 0 Å². The maximum absolute atomic E-state index is 5.54. The van der Waals surface area contributed by atoms with Crippen molar-refractivity contribution < 1.29 is 9.47 Å². The standard InChI is InChI=1S/C15H18N3O2/c1-3-19-13-8-12(9-14(10-13)20-4-2)11-18-15-16-6-5-7-17-15/h6-10H,3-4,11H2,1-2H3,(H,16,17,18). The van der Waals surface area contributed by atoms with E-state index in [0.29, 0.717) is 25.7 Å². The number of hydrogen-bond acceptors (Lipinski definition) is 5. The highest BCUT2D eigenvalue weighted by Crippen LogP contribution is 2.23. The number of nitrogens with one attached hydrogen (secondary N) is 1. The maximum Gasteiger partial charge on any atom is 0.222 e. The Morgan fingerprint density at radius 3 is 2.15 bits per heavy atom. The van der Waals surface area contributed by atoms with Crippen molar-refractivity contribution in [1.29, 1.82) is 0 Å². The molecule has 0 atom stereocenters. The third-order valence-corrected chi connectivity index (χ3v) is 2.54. The molecular weight excluding hydrogens is 254 g/mol. The Labute approximate surface area is 119 Å². The van der Waals surface area contributed by atoms with Gasteiger partial charge in [0.05, 0.1) is 13.2 Å². The maximum atomic E-state index is 5.54. The Morgan fingerprint density at radius 1 is 1.00 bits per heavy atom. The molecule has 0 aliphatic carbocycles. The van der Waals surface area contributed by atoms with E-state index >= 15 is 0 Å². The molecule has 0 amide bonds. The second-order valence-electron chi connectivity index (χ2n) is 4.04. The first-order valence-electron chi connectivity index (χ1n) is 6.63. The molecule has 1 heterocycles. The zero-order valence-corrected chi connectivity index (χ0v) is 11.7. The highest BCUT2D eigenvalue weighted by Gasteiger charge is 2.03. The van der Waals surface area contributed by atoms with Crippen LogP contribution in [0.3, 0.4) is 0 Å². The third-order valence-electron chi connectivity index (χ3n) is 2.54. The summed E-state index contributed by atoms with van der Waals surface area (Å²) in [7, 11) is 0. The van der Waals surface area contributed by atoms with E-state index in [2.05, 4.69) is 21.4 Å². The molecule has 0 unspecified atom stereocenters. The fourth-order valence-corrected chi connectivity index (χ4v) is 1.77. The van der Waals surface area contributed by atoms with Crippen LogP contribution in [0.2, 0.25) is 0 Å². The first-order chi connectivity index (χ1) is 9.81. The van der Waals surface area contributed by atoms with Gasteiger partial charge in [-0.15, -0.1) is 0 Å². The number of aromatic nitrogens is 2. The molecule has 0 saturated heterocycles. The van der Waals surface area contributed by atoms with Crippen molar-refractivity contribution in [3.63, 3.8) is 0 Å². The number of rotatable bonds is 7. The first kappa shape index (κ1) is 14.1. The Kier molecular flexibility index (Phi) is 5.17. The quantitative estimate of drug-likeness (QED) is 0.839. The second kappa shape index (κ2) is 7.33. The molecule has 5 nitrogen and oxygen atoms in total. The van der Waals surface area contributed by atoms with Crippen LogP contribution in [0, 0.1) is 6.07 Å². The molecule has 0 saturated carbocycles. The van der Waals surface area contributed by atoms with Gasteiger partial charge in [-0.1, -0.05) is 0 Å². The van der Waals surface area contributed by atoms with Crippen LogP contribution < -0.4 is 14.8 Å². The summed E-state index contributed by atoms with van der Waals surface area (Å²) in [6.07, 6.45) is 3.16. The third kappa shape index (κ3) is 4.12. The topological polar surface area (TPSA) is 56.3 Å². The van der Waals surface area contributed by atoms with Gasteiger partial charge in [-0.05, 0) is 31.5 Å². The van der Waals surface area contributed by atoms with Gasteiger partial charge < -0.3 is 14.8 Å². The molecular formula is C15H18N3O2. The van der Waals surface area contributed by atoms with Gasteiger partial charge in [0, 0.05) is 31.1 Å². The summed E-state index contributed by atoms with van der Waals surface area (Å²) >= 11 is 0. The fraction of sp³-hybridized carbons (Fsp3) is 0.333. The van der Waals surface area contributed by atoms with Gasteiger partial charge in [-0.3, -0.25) is 0 Å². The van der Waals surface area contributed by atoms with Crippen LogP contribution >= 0.6 is 0 Å². The van der Waals surface area contributed by atoms with E-state index in [1.165, 1.54) is 0 Å². The van der Waals surface area contributed by atoms with Crippen LogP contribution in [0.5, 0.6) is 11.5 Å². The molecule has 0 spiro atoms. The van der Waals surface area contributed by atoms with E-state index in [1.54, 1.807) is 12.4 Å². The average molecular weight is 272 g/mol. The van der Waals surface area contributed by atoms with Crippen molar-refractivity contribution in [2.45, 2.75) is 20.4 Å². The van der Waals surface area contributed by atoms with Gasteiger partial charge in [0.25, 0.3) is 0 Å². The van der Waals surface area contributed by atoms with Gasteiger partial charge in [0.1, 0.15) is 11.5 Å². The van der Waals surface area contributed by atoms with Crippen LogP contribution in [-0.2, 0) is 6.54 Å². The van der Waals surface area contributed by atoms with Crippen LogP contribution in [-0.4, -0.2) is 23.2 Å². The second-order valence-corrected chi connectivity index (χ2v) is 4.04. The molecule has 2 rings (SSSR count). The summed E-state index contributed by atoms with van der Waals surface area (Å²) in [4.78, 5) is 8.14. The van der Waals surface area contributed by atoms with E-state index in [0.717, 1.165) is 17.1 Å². The van der Waals surface area contributed by atoms with Crippen molar-refractivity contribution in [3.05, 3.63) is 42.2 Å². The molecule has 0 aliphatic heterocycles. The molecule has 5 heteroatoms. The Balaban J connectivity index is 2.09. The molecule has 0 bridgehead atoms. The van der Waals surface area contributed by atoms with E-state index in [9.17, 15) is 0 Å². The lowest BCUT2D eigenvalue weighted by Gasteiger charge is -2.11. The van der Waals surface area contributed by atoms with Crippen LogP contribution in [0.4, 0.5) is 5.95 Å². The Hall–Kier alpha value is -2.30. The molecule has 0 fully saturated rings. The van der Waals surface area contributed by atoms with Gasteiger partial charge in [0.15, 0.2) is 0 Å². The first-order valence-corrected chi connectivity index (χ1v) is 6.63. The molecule has 1 aromatic carbocycles. The van der Waals surface area contributed by atoms with Crippen LogP contribution in [0.25, 0.3) is 0 Å². The minimum absolute atomic E-state index is 0.573. The summed E-state index contributed by atoms with van der Waals surface area (Å²) in [6, 6.07) is 8.63. The molecule has 105 valence electrons. The zero-order chi connectivity index (χ0) is 14.2. The predicted octanol–water partition coefficient (Wildman–Crippen LogP) is 2.69. The van der Waals surface area contributed by atoms with Gasteiger partial charge >= 0.3 is 0 Å². The molecule has 1 radical (unpaired) electrons. The highest BCUT2D eigenvalue weighted by atomic mass is 16.5. The van der Waals surface area contributed by atoms with Crippen LogP contribution in [0.15, 0.2) is 30.6 Å². The number of ether oxygens (including phenoxy) is 2. The Morgan fingerprint density at radius 2 is 1.60 bits per heavy atom. The van der Waals surface area contributed by atoms with E-state index < -0.39 is 0 Å². The summed E-state index contributed by atoms with van der Waals surface area (Å²) in [6.45, 7) is 5.77. The van der Waals surface area contributed by atoms with Crippen molar-refractivity contribution in [2.24, 2.45) is 0 Å². The lowest BCUT2D eigenvalue weighted by Crippen LogP contribution is -2.04. The smallest absolute Gasteiger partial charge is 0.222 e. The largest absolute Gasteiger partial charge is 0.494 e. The molecule has 2 aromatic rings. The number of anilines is 1. The molecule has 20 heavy (non-hydrogen) atoms. The molecule has 0 aliphatic rings. The van der Waals surface area contributed by atoms with Crippen molar-refractivity contribution in [1.82, 2.24) is 9.97 Å². The van der Waals surface area contributed by atoms with E-state index in [-0.39, 0.29) is 0 Å². The minimum atomic E-state index is 0.573. The zero-order valence-electron chi connectivity index (χ0n) is 11.7. The van der Waals surface area contributed by atoms with Crippen molar-refractivity contribution >= 4 is 5.95 Å². The summed E-state index contributed by atoms with van der Waals surface area (Å²) in [5, 5.41) is 3.15. The molecule has 1 N–H and O–H groups in total. The SMILES string of the molecule is CCOc1cc(CNc2nc[c]cn2)cc(OCC)c1. The van der Waals surface area contributed by atoms with Gasteiger partial charge in [0.2, 0.25) is 5.95 Å². The van der Waals surface area contributed by atoms with E-state index in [1.807, 2.05) is 32.0 Å². The summed E-state index contributed by atoms with van der Waals surface area (Å²) < 4.78 is 11.1. The lowest BCUT2D eigenvalue weighted by molar-refractivity contribution is 0.322. The number of hydrogen-bond donors (Lipinski definition) is 1. The monoisotopic (exact) mass is 272 g/mol. The van der Waals surface area contributed by atoms with Crippen LogP contribution in [0.1, 0.15) is 19.4 Å². The minimum Gasteiger partial charge on any atom is -0.494 e. The van der Waals surface area contributed by atoms with Gasteiger partial charge in [-0.25, -0.2) is 9.97 Å². The highest BCUT2D eigenvalue weighted by molar-refractivity contribution is 5.40. The predicted molar refractivity (Wildman–Crippen MR) is 77.0 cm³/mol. The van der Waals surface area contributed by atoms with Crippen molar-refractivity contribution in [2.75, 3.05) is 18.5 Å².